The van der Waals surface area contributed by atoms with Crippen LogP contribution in [0.4, 0.5) is 5.69 Å². The first-order valence-electron chi connectivity index (χ1n) is 7.68. The Morgan fingerprint density at radius 1 is 0.917 bits per heavy atom. The van der Waals surface area contributed by atoms with Crippen LogP contribution in [0.2, 0.25) is 0 Å². The number of fused-ring (bicyclic) bond motifs is 4. The minimum Gasteiger partial charge on any atom is -0.462 e. The third kappa shape index (κ3) is 1.64. The highest BCUT2D eigenvalue weighted by Crippen LogP contribution is 2.52. The maximum atomic E-state index is 13.3. The fourth-order valence-corrected chi connectivity index (χ4v) is 3.25. The normalized spacial score (nSPS) is 24.6. The van der Waals surface area contributed by atoms with E-state index in [9.17, 15) is 4.79 Å². The number of para-hydroxylation sites is 2. The van der Waals surface area contributed by atoms with E-state index in [4.69, 9.17) is 13.9 Å². The number of benzene rings is 2. The second-order valence-electron chi connectivity index (χ2n) is 5.71. The number of furan rings is 1. The molecule has 1 amide bonds. The number of ether oxygens (including phenoxy) is 2. The molecule has 2 aliphatic rings. The predicted molar refractivity (Wildman–Crippen MR) is 85.2 cm³/mol. The van der Waals surface area contributed by atoms with Gasteiger partial charge in [-0.1, -0.05) is 36.4 Å². The monoisotopic (exact) mass is 319 g/mol. The van der Waals surface area contributed by atoms with Crippen LogP contribution in [0.25, 0.3) is 0 Å². The molecule has 5 heteroatoms. The van der Waals surface area contributed by atoms with Crippen LogP contribution in [-0.4, -0.2) is 5.91 Å². The van der Waals surface area contributed by atoms with Gasteiger partial charge in [0, 0.05) is 11.3 Å². The van der Waals surface area contributed by atoms with E-state index >= 15 is 0 Å². The van der Waals surface area contributed by atoms with Crippen molar-refractivity contribution in [3.05, 3.63) is 84.3 Å². The lowest BCUT2D eigenvalue weighted by Gasteiger charge is -2.30. The Labute approximate surface area is 138 Å². The average Bonchev–Trinajstić information content (AvgIpc) is 3.24. The molecule has 2 bridgehead atoms. The lowest BCUT2D eigenvalue weighted by Crippen LogP contribution is -2.43. The van der Waals surface area contributed by atoms with Gasteiger partial charge in [-0.05, 0) is 30.3 Å². The minimum atomic E-state index is -1.58. The van der Waals surface area contributed by atoms with Gasteiger partial charge in [0.15, 0.2) is 12.0 Å². The Morgan fingerprint density at radius 2 is 1.71 bits per heavy atom. The molecule has 1 saturated heterocycles. The molecular formula is C19H13NO4. The Hall–Kier alpha value is -3.05. The van der Waals surface area contributed by atoms with Crippen molar-refractivity contribution in [2.24, 2.45) is 0 Å². The summed E-state index contributed by atoms with van der Waals surface area (Å²) < 4.78 is 17.6. The van der Waals surface area contributed by atoms with Gasteiger partial charge in [-0.2, -0.15) is 0 Å². The van der Waals surface area contributed by atoms with E-state index < -0.39 is 12.0 Å². The number of anilines is 1. The molecule has 3 heterocycles. The number of hydrogen-bond acceptors (Lipinski definition) is 4. The van der Waals surface area contributed by atoms with Gasteiger partial charge in [0.2, 0.25) is 0 Å². The van der Waals surface area contributed by atoms with Crippen LogP contribution in [0.3, 0.4) is 0 Å². The summed E-state index contributed by atoms with van der Waals surface area (Å²) in [7, 11) is 0. The minimum absolute atomic E-state index is 0.301. The SMILES string of the molecule is O=C1N(c2ccccc2)C2OC1(c1ccco1)Oc1ccccc12. The smallest absolute Gasteiger partial charge is 0.354 e. The van der Waals surface area contributed by atoms with E-state index in [2.05, 4.69) is 0 Å². The summed E-state index contributed by atoms with van der Waals surface area (Å²) in [6, 6.07) is 20.3. The lowest BCUT2D eigenvalue weighted by molar-refractivity contribution is -0.206. The fourth-order valence-electron chi connectivity index (χ4n) is 3.25. The summed E-state index contributed by atoms with van der Waals surface area (Å²) in [6.45, 7) is 0. The zero-order valence-corrected chi connectivity index (χ0v) is 12.6. The van der Waals surface area contributed by atoms with Crippen LogP contribution < -0.4 is 9.64 Å². The molecule has 0 radical (unpaired) electrons. The maximum absolute atomic E-state index is 13.3. The number of nitrogens with zero attached hydrogens (tertiary/aromatic N) is 1. The first-order chi connectivity index (χ1) is 11.8. The van der Waals surface area contributed by atoms with Crippen LogP contribution in [0.1, 0.15) is 17.6 Å². The fraction of sp³-hybridized carbons (Fsp3) is 0.105. The first-order valence-corrected chi connectivity index (χ1v) is 7.68. The van der Waals surface area contributed by atoms with Crippen LogP contribution in [0.5, 0.6) is 5.75 Å². The van der Waals surface area contributed by atoms with E-state index in [0.29, 0.717) is 11.5 Å². The molecule has 0 N–H and O–H groups in total. The van der Waals surface area contributed by atoms with Crippen molar-refractivity contribution in [3.63, 3.8) is 0 Å². The van der Waals surface area contributed by atoms with Crippen molar-refractivity contribution in [1.29, 1.82) is 0 Å². The number of amides is 1. The van der Waals surface area contributed by atoms with Gasteiger partial charge in [-0.25, -0.2) is 0 Å². The van der Waals surface area contributed by atoms with E-state index in [1.807, 2.05) is 54.6 Å². The van der Waals surface area contributed by atoms with Gasteiger partial charge in [0.25, 0.3) is 0 Å². The molecule has 5 rings (SSSR count). The lowest BCUT2D eigenvalue weighted by atomic mass is 10.1. The molecule has 5 nitrogen and oxygen atoms in total. The number of carbonyl (C=O) groups is 1. The number of hydrogen-bond donors (Lipinski definition) is 0. The molecule has 0 spiro atoms. The zero-order chi connectivity index (χ0) is 16.1. The quantitative estimate of drug-likeness (QED) is 0.724. The second kappa shape index (κ2) is 4.72. The molecule has 24 heavy (non-hydrogen) atoms. The Morgan fingerprint density at radius 3 is 2.50 bits per heavy atom. The molecule has 0 saturated carbocycles. The van der Waals surface area contributed by atoms with Gasteiger partial charge in [0.05, 0.1) is 6.26 Å². The topological polar surface area (TPSA) is 51.9 Å². The molecule has 2 unspecified atom stereocenters. The van der Waals surface area contributed by atoms with Crippen molar-refractivity contribution in [2.45, 2.75) is 12.0 Å². The predicted octanol–water partition coefficient (Wildman–Crippen LogP) is 3.59. The van der Waals surface area contributed by atoms with Crippen LogP contribution in [-0.2, 0) is 15.3 Å². The van der Waals surface area contributed by atoms with Crippen LogP contribution >= 0.6 is 0 Å². The molecular weight excluding hydrogens is 306 g/mol. The summed E-state index contributed by atoms with van der Waals surface area (Å²) >= 11 is 0. The molecule has 1 fully saturated rings. The standard InChI is InChI=1S/C19H13NO4/c21-18-19(16-11-6-12-22-16)23-15-10-5-4-9-14(15)17(24-19)20(18)13-7-2-1-3-8-13/h1-12,17H. The molecule has 2 aliphatic heterocycles. The third-order valence-corrected chi connectivity index (χ3v) is 4.33. The molecule has 2 atom stereocenters. The van der Waals surface area contributed by atoms with Crippen molar-refractivity contribution in [3.8, 4) is 5.75 Å². The summed E-state index contributed by atoms with van der Waals surface area (Å²) in [5.41, 5.74) is 1.57. The van der Waals surface area contributed by atoms with Gasteiger partial charge in [-0.15, -0.1) is 0 Å². The largest absolute Gasteiger partial charge is 0.462 e. The molecule has 3 aromatic rings. The van der Waals surface area contributed by atoms with E-state index in [-0.39, 0.29) is 5.91 Å². The van der Waals surface area contributed by atoms with Crippen LogP contribution in [0, 0.1) is 0 Å². The summed E-state index contributed by atoms with van der Waals surface area (Å²) in [5, 5.41) is 0. The molecule has 1 aromatic heterocycles. The zero-order valence-electron chi connectivity index (χ0n) is 12.6. The van der Waals surface area contributed by atoms with Crippen molar-refractivity contribution >= 4 is 11.6 Å². The van der Waals surface area contributed by atoms with Crippen molar-refractivity contribution < 1.29 is 18.7 Å². The number of carbonyl (C=O) groups excluding carboxylic acids is 1. The van der Waals surface area contributed by atoms with Crippen molar-refractivity contribution in [1.82, 2.24) is 0 Å². The Kier molecular flexibility index (Phi) is 2.64. The Balaban J connectivity index is 1.74. The van der Waals surface area contributed by atoms with Gasteiger partial charge in [-0.3, -0.25) is 14.4 Å². The molecule has 118 valence electrons. The van der Waals surface area contributed by atoms with Crippen molar-refractivity contribution in [2.75, 3.05) is 4.90 Å². The van der Waals surface area contributed by atoms with Crippen LogP contribution in [0.15, 0.2) is 77.4 Å². The summed E-state index contributed by atoms with van der Waals surface area (Å²) in [5.74, 6) is -0.926. The maximum Gasteiger partial charge on any atom is 0.354 e. The molecule has 0 aliphatic carbocycles. The highest BCUT2D eigenvalue weighted by Gasteiger charge is 2.63. The number of rotatable bonds is 2. The van der Waals surface area contributed by atoms with E-state index in [1.165, 1.54) is 6.26 Å². The average molecular weight is 319 g/mol. The summed E-state index contributed by atoms with van der Waals surface area (Å²) in [4.78, 5) is 14.9. The third-order valence-electron chi connectivity index (χ3n) is 4.33. The van der Waals surface area contributed by atoms with E-state index in [0.717, 1.165) is 11.3 Å². The van der Waals surface area contributed by atoms with Gasteiger partial charge in [0.1, 0.15) is 5.75 Å². The van der Waals surface area contributed by atoms with E-state index in [1.54, 1.807) is 17.0 Å². The highest BCUT2D eigenvalue weighted by molar-refractivity contribution is 6.02. The summed E-state index contributed by atoms with van der Waals surface area (Å²) in [6.07, 6.45) is 0.945. The first kappa shape index (κ1) is 13.4. The second-order valence-corrected chi connectivity index (χ2v) is 5.71. The molecule has 2 aromatic carbocycles. The highest BCUT2D eigenvalue weighted by atomic mass is 16.7. The van der Waals surface area contributed by atoms with Gasteiger partial charge < -0.3 is 9.15 Å². The van der Waals surface area contributed by atoms with Gasteiger partial charge >= 0.3 is 11.7 Å². The Bertz CT molecular complexity index is 906.